The molecule has 0 amide bonds. The van der Waals surface area contributed by atoms with Gasteiger partial charge in [-0.2, -0.15) is 13.2 Å². The van der Waals surface area contributed by atoms with Gasteiger partial charge in [0, 0.05) is 30.2 Å². The van der Waals surface area contributed by atoms with Crippen LogP contribution < -0.4 is 5.73 Å². The molecule has 0 bridgehead atoms. The van der Waals surface area contributed by atoms with Crippen LogP contribution in [0.4, 0.5) is 17.6 Å². The van der Waals surface area contributed by atoms with Crippen LogP contribution in [0.2, 0.25) is 0 Å². The van der Waals surface area contributed by atoms with Crippen molar-refractivity contribution in [1.29, 1.82) is 0 Å². The first-order valence-electron chi connectivity index (χ1n) is 7.03. The number of amidine groups is 1. The lowest BCUT2D eigenvalue weighted by Crippen LogP contribution is -2.48. The summed E-state index contributed by atoms with van der Waals surface area (Å²) in [6, 6.07) is 0. The largest absolute Gasteiger partial charge is 0.415 e. The Morgan fingerprint density at radius 1 is 1.56 bits per heavy atom. The second-order valence-electron chi connectivity index (χ2n) is 5.62. The standard InChI is InChI=1S/C14H15F4N3O3S/c1-7(21(22)23)3-4-10(15)8(2)13-6-24-11(14(16,17)18)9(13)5-25-12(19)20-13/h3-4,9,11H,2,5-6H2,1H3,(H2,19,20)/b7-3+,10-4+/t9-,11+,13-/m1/s1. The highest BCUT2D eigenvalue weighted by Crippen LogP contribution is 2.50. The zero-order valence-corrected chi connectivity index (χ0v) is 13.9. The third kappa shape index (κ3) is 3.71. The molecule has 138 valence electrons. The van der Waals surface area contributed by atoms with E-state index < -0.39 is 41.1 Å². The topological polar surface area (TPSA) is 90.8 Å². The minimum Gasteiger partial charge on any atom is -0.379 e. The second kappa shape index (κ2) is 6.79. The number of thioether (sulfide) groups is 1. The van der Waals surface area contributed by atoms with Gasteiger partial charge in [-0.1, -0.05) is 18.3 Å². The highest BCUT2D eigenvalue weighted by atomic mass is 32.2. The molecule has 2 rings (SSSR count). The van der Waals surface area contributed by atoms with Gasteiger partial charge < -0.3 is 10.5 Å². The van der Waals surface area contributed by atoms with Crippen molar-refractivity contribution >= 4 is 16.9 Å². The second-order valence-corrected chi connectivity index (χ2v) is 6.66. The van der Waals surface area contributed by atoms with Gasteiger partial charge in [0.05, 0.1) is 11.5 Å². The Hall–Kier alpha value is -1.88. The van der Waals surface area contributed by atoms with Crippen LogP contribution in [0, 0.1) is 16.0 Å². The fourth-order valence-corrected chi connectivity index (χ4v) is 3.73. The van der Waals surface area contributed by atoms with Gasteiger partial charge in [-0.05, 0) is 6.08 Å². The van der Waals surface area contributed by atoms with Crippen LogP contribution in [0.15, 0.2) is 40.8 Å². The van der Waals surface area contributed by atoms with E-state index in [0.717, 1.165) is 30.8 Å². The van der Waals surface area contributed by atoms with Crippen molar-refractivity contribution < 1.29 is 27.2 Å². The molecule has 1 saturated heterocycles. The molecule has 0 aromatic rings. The molecular weight excluding hydrogens is 366 g/mol. The first kappa shape index (κ1) is 19.4. The lowest BCUT2D eigenvalue weighted by atomic mass is 9.78. The molecule has 0 unspecified atom stereocenters. The molecule has 0 saturated carbocycles. The molecule has 1 fully saturated rings. The molecule has 0 spiro atoms. The predicted octanol–water partition coefficient (Wildman–Crippen LogP) is 2.95. The van der Waals surface area contributed by atoms with Gasteiger partial charge in [0.2, 0.25) is 5.70 Å². The summed E-state index contributed by atoms with van der Waals surface area (Å²) >= 11 is 0.928. The third-order valence-corrected chi connectivity index (χ3v) is 4.99. The SMILES string of the molecule is C=C(/C(F)=C\C=C(/C)[N+](=O)[O-])[C@]12CO[C@H](C(F)(F)F)[C@H]1CSC(N)=N2. The van der Waals surface area contributed by atoms with Crippen molar-refractivity contribution in [2.75, 3.05) is 12.4 Å². The fraction of sp³-hybridized carbons (Fsp3) is 0.500. The van der Waals surface area contributed by atoms with Crippen molar-refractivity contribution in [3.8, 4) is 0 Å². The molecule has 0 aromatic carbocycles. The van der Waals surface area contributed by atoms with Crippen LogP contribution in [-0.2, 0) is 4.74 Å². The van der Waals surface area contributed by atoms with Crippen molar-refractivity contribution in [3.63, 3.8) is 0 Å². The molecule has 2 N–H and O–H groups in total. The highest BCUT2D eigenvalue weighted by molar-refractivity contribution is 8.13. The van der Waals surface area contributed by atoms with Gasteiger partial charge in [-0.25, -0.2) is 9.38 Å². The number of nitrogens with two attached hydrogens (primary N) is 1. The maximum absolute atomic E-state index is 14.4. The summed E-state index contributed by atoms with van der Waals surface area (Å²) in [5.41, 5.74) is 3.25. The molecular formula is C14H15F4N3O3S. The van der Waals surface area contributed by atoms with Crippen molar-refractivity contribution in [2.24, 2.45) is 16.6 Å². The van der Waals surface area contributed by atoms with Crippen LogP contribution >= 0.6 is 11.8 Å². The number of hydrogen-bond donors (Lipinski definition) is 1. The van der Waals surface area contributed by atoms with E-state index in [9.17, 15) is 27.7 Å². The fourth-order valence-electron chi connectivity index (χ4n) is 2.70. The summed E-state index contributed by atoms with van der Waals surface area (Å²) in [5.74, 6) is -2.27. The van der Waals surface area contributed by atoms with Gasteiger partial charge in [0.25, 0.3) is 0 Å². The number of ether oxygens (including phenoxy) is 1. The first-order chi connectivity index (χ1) is 11.5. The molecule has 11 heteroatoms. The minimum atomic E-state index is -4.64. The molecule has 2 aliphatic heterocycles. The van der Waals surface area contributed by atoms with E-state index in [4.69, 9.17) is 10.5 Å². The number of allylic oxidation sites excluding steroid dienone is 3. The van der Waals surface area contributed by atoms with Crippen LogP contribution in [0.3, 0.4) is 0 Å². The summed E-state index contributed by atoms with van der Waals surface area (Å²) < 4.78 is 58.8. The lowest BCUT2D eigenvalue weighted by Gasteiger charge is -2.36. The number of alkyl halides is 3. The zero-order valence-electron chi connectivity index (χ0n) is 13.0. The Bertz CT molecular complexity index is 689. The Morgan fingerprint density at radius 2 is 2.20 bits per heavy atom. The summed E-state index contributed by atoms with van der Waals surface area (Å²) in [5, 5.41) is 10.5. The van der Waals surface area contributed by atoms with Crippen molar-refractivity contribution in [1.82, 2.24) is 0 Å². The molecule has 2 aliphatic rings. The number of nitro groups is 1. The first-order valence-corrected chi connectivity index (χ1v) is 8.02. The third-order valence-electron chi connectivity index (χ3n) is 4.07. The number of rotatable bonds is 4. The molecule has 0 aliphatic carbocycles. The Balaban J connectivity index is 2.40. The number of aliphatic imine (C=N–C) groups is 1. The van der Waals surface area contributed by atoms with Crippen LogP contribution in [0.5, 0.6) is 0 Å². The smallest absolute Gasteiger partial charge is 0.379 e. The quantitative estimate of drug-likeness (QED) is 0.350. The van der Waals surface area contributed by atoms with Gasteiger partial charge in [0.1, 0.15) is 11.4 Å². The van der Waals surface area contributed by atoms with Gasteiger partial charge >= 0.3 is 6.18 Å². The molecule has 3 atom stereocenters. The molecule has 25 heavy (non-hydrogen) atoms. The van der Waals surface area contributed by atoms with Crippen LogP contribution in [0.1, 0.15) is 6.92 Å². The number of halogens is 4. The average Bonchev–Trinajstić information content (AvgIpc) is 2.90. The summed E-state index contributed by atoms with van der Waals surface area (Å²) in [6.07, 6.45) is -5.08. The zero-order chi connectivity index (χ0) is 19.0. The summed E-state index contributed by atoms with van der Waals surface area (Å²) in [4.78, 5) is 13.8. The lowest BCUT2D eigenvalue weighted by molar-refractivity contribution is -0.424. The molecule has 6 nitrogen and oxygen atoms in total. The number of nitrogens with zero attached hydrogens (tertiary/aromatic N) is 2. The van der Waals surface area contributed by atoms with Crippen molar-refractivity contribution in [2.45, 2.75) is 24.7 Å². The maximum atomic E-state index is 14.4. The Morgan fingerprint density at radius 3 is 2.76 bits per heavy atom. The van der Waals surface area contributed by atoms with E-state index in [2.05, 4.69) is 11.6 Å². The van der Waals surface area contributed by atoms with E-state index >= 15 is 0 Å². The van der Waals surface area contributed by atoms with Crippen LogP contribution in [-0.4, -0.2) is 40.3 Å². The van der Waals surface area contributed by atoms with E-state index in [1.54, 1.807) is 0 Å². The highest BCUT2D eigenvalue weighted by Gasteiger charge is 2.62. The normalized spacial score (nSPS) is 30.7. The van der Waals surface area contributed by atoms with E-state index in [1.165, 1.54) is 0 Å². The maximum Gasteiger partial charge on any atom is 0.415 e. The molecule has 2 heterocycles. The predicted molar refractivity (Wildman–Crippen MR) is 85.2 cm³/mol. The van der Waals surface area contributed by atoms with E-state index in [1.807, 2.05) is 0 Å². The summed E-state index contributed by atoms with van der Waals surface area (Å²) in [6.45, 7) is 4.15. The van der Waals surface area contributed by atoms with Gasteiger partial charge in [-0.15, -0.1) is 0 Å². The van der Waals surface area contributed by atoms with E-state index in [0.29, 0.717) is 0 Å². The number of hydrogen-bond acceptors (Lipinski definition) is 6. The summed E-state index contributed by atoms with van der Waals surface area (Å²) in [7, 11) is 0. The van der Waals surface area contributed by atoms with E-state index in [-0.39, 0.29) is 22.2 Å². The minimum absolute atomic E-state index is 0.00800. The molecule has 0 radical (unpaired) electrons. The Labute approximate surface area is 144 Å². The monoisotopic (exact) mass is 381 g/mol. The van der Waals surface area contributed by atoms with Crippen molar-refractivity contribution in [3.05, 3.63) is 45.9 Å². The van der Waals surface area contributed by atoms with Gasteiger partial charge in [0.15, 0.2) is 11.3 Å². The molecule has 0 aromatic heterocycles. The average molecular weight is 381 g/mol. The number of fused-ring (bicyclic) bond motifs is 1. The van der Waals surface area contributed by atoms with Gasteiger partial charge in [-0.3, -0.25) is 10.1 Å². The Kier molecular flexibility index (Phi) is 5.28. The van der Waals surface area contributed by atoms with Crippen LogP contribution in [0.25, 0.3) is 0 Å².